The first kappa shape index (κ1) is 16.9. The summed E-state index contributed by atoms with van der Waals surface area (Å²) in [5.41, 5.74) is 0.730. The monoisotopic (exact) mass is 326 g/mol. The topological polar surface area (TPSA) is 79.7 Å². The predicted octanol–water partition coefficient (Wildman–Crippen LogP) is 2.11. The Morgan fingerprint density at radius 1 is 1.50 bits per heavy atom. The Balaban J connectivity index is 2.20. The molecule has 122 valence electrons. The SMILES string of the molecule is CCCc1nc(C)c(C(=O)N2CC(OC)CC2CC(=O)O)s1. The van der Waals surface area contributed by atoms with Gasteiger partial charge in [-0.05, 0) is 26.2 Å². The van der Waals surface area contributed by atoms with Crippen LogP contribution in [0.4, 0.5) is 0 Å². The molecule has 0 bridgehead atoms. The third kappa shape index (κ3) is 3.64. The van der Waals surface area contributed by atoms with E-state index < -0.39 is 5.97 Å². The van der Waals surface area contributed by atoms with E-state index in [4.69, 9.17) is 9.84 Å². The molecule has 2 unspecified atom stereocenters. The normalized spacial score (nSPS) is 21.3. The number of hydrogen-bond donors (Lipinski definition) is 1. The molecule has 1 fully saturated rings. The predicted molar refractivity (Wildman–Crippen MR) is 83.3 cm³/mol. The van der Waals surface area contributed by atoms with Gasteiger partial charge in [0.15, 0.2) is 0 Å². The van der Waals surface area contributed by atoms with Crippen molar-refractivity contribution in [2.45, 2.75) is 51.7 Å². The first-order valence-corrected chi connectivity index (χ1v) is 8.29. The van der Waals surface area contributed by atoms with Gasteiger partial charge in [-0.3, -0.25) is 9.59 Å². The molecule has 2 heterocycles. The van der Waals surface area contributed by atoms with Gasteiger partial charge in [-0.2, -0.15) is 0 Å². The number of aryl methyl sites for hydroxylation is 2. The van der Waals surface area contributed by atoms with E-state index in [1.807, 2.05) is 6.92 Å². The molecule has 6 nitrogen and oxygen atoms in total. The van der Waals surface area contributed by atoms with E-state index in [0.29, 0.717) is 17.8 Å². The lowest BCUT2D eigenvalue weighted by molar-refractivity contribution is -0.137. The van der Waals surface area contributed by atoms with Crippen LogP contribution < -0.4 is 0 Å². The summed E-state index contributed by atoms with van der Waals surface area (Å²) in [5, 5.41) is 10.0. The van der Waals surface area contributed by atoms with Crippen LogP contribution in [-0.4, -0.2) is 52.7 Å². The van der Waals surface area contributed by atoms with E-state index in [1.54, 1.807) is 12.0 Å². The molecule has 1 aliphatic rings. The molecule has 2 atom stereocenters. The Bertz CT molecular complexity index is 558. The smallest absolute Gasteiger partial charge is 0.305 e. The molecule has 1 N–H and O–H groups in total. The standard InChI is InChI=1S/C15H22N2O4S/c1-4-5-12-16-9(2)14(22-12)15(20)17-8-11(21-3)6-10(17)7-13(18)19/h10-11H,4-8H2,1-3H3,(H,18,19). The molecule has 1 aromatic rings. The van der Waals surface area contributed by atoms with Gasteiger partial charge in [0.25, 0.3) is 5.91 Å². The van der Waals surface area contributed by atoms with E-state index in [-0.39, 0.29) is 24.5 Å². The maximum atomic E-state index is 12.8. The second-order valence-corrected chi connectivity index (χ2v) is 6.66. The van der Waals surface area contributed by atoms with Crippen molar-refractivity contribution in [3.05, 3.63) is 15.6 Å². The third-order valence-corrected chi connectivity index (χ3v) is 5.08. The lowest BCUT2D eigenvalue weighted by Crippen LogP contribution is -2.37. The van der Waals surface area contributed by atoms with Crippen LogP contribution in [0.25, 0.3) is 0 Å². The van der Waals surface area contributed by atoms with Crippen LogP contribution in [-0.2, 0) is 16.0 Å². The first-order chi connectivity index (χ1) is 10.5. The molecular weight excluding hydrogens is 304 g/mol. The zero-order valence-electron chi connectivity index (χ0n) is 13.2. The van der Waals surface area contributed by atoms with Crippen LogP contribution in [0.3, 0.4) is 0 Å². The number of carbonyl (C=O) groups excluding carboxylic acids is 1. The highest BCUT2D eigenvalue weighted by atomic mass is 32.1. The highest BCUT2D eigenvalue weighted by Gasteiger charge is 2.38. The number of methoxy groups -OCH3 is 1. The lowest BCUT2D eigenvalue weighted by atomic mass is 10.1. The average molecular weight is 326 g/mol. The number of aromatic nitrogens is 1. The summed E-state index contributed by atoms with van der Waals surface area (Å²) in [6.45, 7) is 4.34. The largest absolute Gasteiger partial charge is 0.481 e. The van der Waals surface area contributed by atoms with Gasteiger partial charge < -0.3 is 14.7 Å². The zero-order chi connectivity index (χ0) is 16.3. The molecule has 1 amide bonds. The van der Waals surface area contributed by atoms with Crippen molar-refractivity contribution in [2.75, 3.05) is 13.7 Å². The molecule has 0 saturated carbocycles. The summed E-state index contributed by atoms with van der Waals surface area (Å²) in [6.07, 6.45) is 2.26. The zero-order valence-corrected chi connectivity index (χ0v) is 14.0. The van der Waals surface area contributed by atoms with E-state index >= 15 is 0 Å². The van der Waals surface area contributed by atoms with Crippen LogP contribution in [0.1, 0.15) is 46.6 Å². The summed E-state index contributed by atoms with van der Waals surface area (Å²) in [7, 11) is 1.59. The molecule has 1 saturated heterocycles. The Labute approximate surface area is 134 Å². The summed E-state index contributed by atoms with van der Waals surface area (Å²) in [5.74, 6) is -1.02. The van der Waals surface area contributed by atoms with Crippen molar-refractivity contribution in [3.63, 3.8) is 0 Å². The molecule has 1 aromatic heterocycles. The van der Waals surface area contributed by atoms with E-state index in [9.17, 15) is 9.59 Å². The van der Waals surface area contributed by atoms with Crippen molar-refractivity contribution in [1.82, 2.24) is 9.88 Å². The number of nitrogens with zero attached hydrogens (tertiary/aromatic N) is 2. The van der Waals surface area contributed by atoms with Crippen LogP contribution in [0, 0.1) is 6.92 Å². The number of carbonyl (C=O) groups is 2. The highest BCUT2D eigenvalue weighted by molar-refractivity contribution is 7.13. The first-order valence-electron chi connectivity index (χ1n) is 7.48. The number of thiazole rings is 1. The molecule has 0 spiro atoms. The van der Waals surface area contributed by atoms with Gasteiger partial charge in [-0.25, -0.2) is 4.98 Å². The van der Waals surface area contributed by atoms with Gasteiger partial charge in [-0.15, -0.1) is 11.3 Å². The summed E-state index contributed by atoms with van der Waals surface area (Å²) < 4.78 is 5.31. The fraction of sp³-hybridized carbons (Fsp3) is 0.667. The van der Waals surface area contributed by atoms with Gasteiger partial charge in [0, 0.05) is 19.7 Å². The Morgan fingerprint density at radius 3 is 2.82 bits per heavy atom. The van der Waals surface area contributed by atoms with Gasteiger partial charge >= 0.3 is 5.97 Å². The van der Waals surface area contributed by atoms with E-state index in [0.717, 1.165) is 23.5 Å². The number of carboxylic acids is 1. The molecule has 1 aliphatic heterocycles. The molecule has 0 radical (unpaired) electrons. The number of carboxylic acid groups (broad SMARTS) is 1. The maximum Gasteiger partial charge on any atom is 0.305 e. The minimum Gasteiger partial charge on any atom is -0.481 e. The van der Waals surface area contributed by atoms with Gasteiger partial charge in [0.1, 0.15) is 4.88 Å². The number of rotatable bonds is 6. The molecule has 22 heavy (non-hydrogen) atoms. The minimum atomic E-state index is -0.896. The Morgan fingerprint density at radius 2 is 2.23 bits per heavy atom. The molecule has 0 aliphatic carbocycles. The van der Waals surface area contributed by atoms with Crippen LogP contribution in [0.5, 0.6) is 0 Å². The third-order valence-electron chi connectivity index (χ3n) is 3.88. The average Bonchev–Trinajstić information content (AvgIpc) is 3.01. The summed E-state index contributed by atoms with van der Waals surface area (Å²) in [6, 6.07) is -0.314. The summed E-state index contributed by atoms with van der Waals surface area (Å²) >= 11 is 1.42. The number of aliphatic carboxylic acids is 1. The Hall–Kier alpha value is -1.47. The van der Waals surface area contributed by atoms with Crippen molar-refractivity contribution < 1.29 is 19.4 Å². The number of amides is 1. The van der Waals surface area contributed by atoms with Crippen molar-refractivity contribution in [3.8, 4) is 0 Å². The van der Waals surface area contributed by atoms with Crippen molar-refractivity contribution in [2.24, 2.45) is 0 Å². The van der Waals surface area contributed by atoms with Crippen molar-refractivity contribution in [1.29, 1.82) is 0 Å². The second-order valence-electron chi connectivity index (χ2n) is 5.57. The number of likely N-dealkylation sites (tertiary alicyclic amines) is 1. The summed E-state index contributed by atoms with van der Waals surface area (Å²) in [4.78, 5) is 30.5. The van der Waals surface area contributed by atoms with Crippen LogP contribution >= 0.6 is 11.3 Å². The van der Waals surface area contributed by atoms with E-state index in [1.165, 1.54) is 11.3 Å². The highest BCUT2D eigenvalue weighted by Crippen LogP contribution is 2.28. The van der Waals surface area contributed by atoms with Crippen LogP contribution in [0.15, 0.2) is 0 Å². The minimum absolute atomic E-state index is 0.0503. The second kappa shape index (κ2) is 7.19. The molecule has 0 aromatic carbocycles. The number of hydrogen-bond acceptors (Lipinski definition) is 5. The Kier molecular flexibility index (Phi) is 5.52. The lowest BCUT2D eigenvalue weighted by Gasteiger charge is -2.22. The van der Waals surface area contributed by atoms with Gasteiger partial charge in [0.05, 0.1) is 23.2 Å². The molecular formula is C15H22N2O4S. The van der Waals surface area contributed by atoms with Crippen LogP contribution in [0.2, 0.25) is 0 Å². The quantitative estimate of drug-likeness (QED) is 0.866. The fourth-order valence-electron chi connectivity index (χ4n) is 2.79. The van der Waals surface area contributed by atoms with Gasteiger partial charge in [-0.1, -0.05) is 6.92 Å². The van der Waals surface area contributed by atoms with Crippen molar-refractivity contribution >= 4 is 23.2 Å². The van der Waals surface area contributed by atoms with E-state index in [2.05, 4.69) is 11.9 Å². The fourth-order valence-corrected chi connectivity index (χ4v) is 3.91. The van der Waals surface area contributed by atoms with Gasteiger partial charge in [0.2, 0.25) is 0 Å². The maximum absolute atomic E-state index is 12.8. The molecule has 2 rings (SSSR count). The number of ether oxygens (including phenoxy) is 1. The molecule has 7 heteroatoms.